The Kier molecular flexibility index (Phi) is 2.03. The minimum absolute atomic E-state index is 0.304. The Labute approximate surface area is 62.7 Å². The molecule has 0 bridgehead atoms. The van der Waals surface area contributed by atoms with Crippen LogP contribution in [0.5, 0.6) is 0 Å². The molecule has 5 heteroatoms. The van der Waals surface area contributed by atoms with Crippen molar-refractivity contribution >= 4 is 29.2 Å². The predicted octanol–water partition coefficient (Wildman–Crippen LogP) is 0.819. The zero-order valence-electron chi connectivity index (χ0n) is 4.53. The average Bonchev–Trinajstić information content (AvgIpc) is 1.59. The van der Waals surface area contributed by atoms with E-state index in [1.165, 1.54) is 0 Å². The highest BCUT2D eigenvalue weighted by molar-refractivity contribution is 6.25. The molecule has 0 spiro atoms. The van der Waals surface area contributed by atoms with E-state index in [-0.39, 0.29) is 17.0 Å². The van der Waals surface area contributed by atoms with Crippen molar-refractivity contribution in [2.24, 2.45) is 0 Å². The smallest absolute Gasteiger partial charge is 0.317 e. The molecule has 9 heavy (non-hydrogen) atoms. The molecule has 0 radical (unpaired) electrons. The molecular weight excluding hydrogens is 163 g/mol. The second-order valence-electron chi connectivity index (χ2n) is 1.79. The summed E-state index contributed by atoms with van der Waals surface area (Å²) in [7, 11) is 0. The first-order valence-corrected chi connectivity index (χ1v) is 3.41. The molecule has 52 valence electrons. The molecule has 0 aromatic rings. The maximum atomic E-state index is 10.5. The fourth-order valence-electron chi connectivity index (χ4n) is 0.626. The highest BCUT2D eigenvalue weighted by Gasteiger charge is 2.21. The van der Waals surface area contributed by atoms with Gasteiger partial charge in [0.25, 0.3) is 0 Å². The van der Waals surface area contributed by atoms with Crippen LogP contribution < -0.4 is 10.6 Å². The van der Waals surface area contributed by atoms with Crippen molar-refractivity contribution < 1.29 is 4.79 Å². The number of urea groups is 1. The fourth-order valence-corrected chi connectivity index (χ4v) is 1.27. The number of carbonyl (C=O) groups is 1. The second-order valence-corrected chi connectivity index (χ2v) is 2.84. The zero-order chi connectivity index (χ0) is 6.85. The fraction of sp³-hybridized carbons (Fsp3) is 0.750. The summed E-state index contributed by atoms with van der Waals surface area (Å²) in [5.74, 6) is 0. The second kappa shape index (κ2) is 2.62. The third kappa shape index (κ3) is 1.91. The lowest BCUT2D eigenvalue weighted by Gasteiger charge is -2.22. The van der Waals surface area contributed by atoms with E-state index in [4.69, 9.17) is 23.2 Å². The summed E-state index contributed by atoms with van der Waals surface area (Å²) in [5.41, 5.74) is -0.664. The third-order valence-electron chi connectivity index (χ3n) is 0.989. The van der Waals surface area contributed by atoms with E-state index in [1.54, 1.807) is 0 Å². The number of carbonyl (C=O) groups excluding carboxylic acids is 1. The number of amides is 2. The van der Waals surface area contributed by atoms with E-state index >= 15 is 0 Å². The lowest BCUT2D eigenvalue weighted by atomic mass is 10.3. The number of hydrogen-bond donors (Lipinski definition) is 2. The summed E-state index contributed by atoms with van der Waals surface area (Å²) in [4.78, 5) is 10.5. The van der Waals surface area contributed by atoms with E-state index in [9.17, 15) is 4.79 Å². The largest absolute Gasteiger partial charge is 0.322 e. The van der Waals surface area contributed by atoms with Crippen molar-refractivity contribution in [3.63, 3.8) is 0 Å². The van der Waals surface area contributed by atoms with Gasteiger partial charge >= 0.3 is 6.03 Å². The molecule has 0 saturated carbocycles. The van der Waals surface area contributed by atoms with Crippen molar-refractivity contribution in [3.05, 3.63) is 0 Å². The van der Waals surface area contributed by atoms with Crippen LogP contribution in [-0.4, -0.2) is 17.0 Å². The van der Waals surface area contributed by atoms with Crippen molar-refractivity contribution in [2.45, 2.75) is 17.4 Å². The molecule has 0 aromatic heterocycles. The lowest BCUT2D eigenvalue weighted by Crippen LogP contribution is -2.50. The first kappa shape index (κ1) is 6.96. The van der Waals surface area contributed by atoms with E-state index < -0.39 is 0 Å². The Morgan fingerprint density at radius 3 is 2.11 bits per heavy atom. The Hall–Kier alpha value is -0.150. The quantitative estimate of drug-likeness (QED) is 0.409. The Bertz CT molecular complexity index is 118. The van der Waals surface area contributed by atoms with Crippen LogP contribution in [0.3, 0.4) is 0 Å². The van der Waals surface area contributed by atoms with Crippen LogP contribution in [0.15, 0.2) is 0 Å². The van der Waals surface area contributed by atoms with Crippen LogP contribution in [0.1, 0.15) is 6.42 Å². The van der Waals surface area contributed by atoms with E-state index in [0.717, 1.165) is 0 Å². The molecule has 1 heterocycles. The van der Waals surface area contributed by atoms with Gasteiger partial charge in [-0.2, -0.15) is 0 Å². The minimum atomic E-state index is -0.332. The molecule has 2 amide bonds. The van der Waals surface area contributed by atoms with Gasteiger partial charge < -0.3 is 10.6 Å². The van der Waals surface area contributed by atoms with Crippen molar-refractivity contribution in [3.8, 4) is 0 Å². The molecule has 1 aliphatic rings. The van der Waals surface area contributed by atoms with Crippen LogP contribution >= 0.6 is 23.2 Å². The van der Waals surface area contributed by atoms with Crippen molar-refractivity contribution in [1.82, 2.24) is 10.6 Å². The number of hydrogen-bond acceptors (Lipinski definition) is 1. The highest BCUT2D eigenvalue weighted by Crippen LogP contribution is 2.09. The predicted molar refractivity (Wildman–Crippen MR) is 35.6 cm³/mol. The van der Waals surface area contributed by atoms with Gasteiger partial charge in [0.2, 0.25) is 0 Å². The number of alkyl halides is 2. The molecule has 3 nitrogen and oxygen atoms in total. The number of rotatable bonds is 0. The average molecular weight is 169 g/mol. The SMILES string of the molecule is O=C1NC(Cl)CC(Cl)N1. The molecule has 1 fully saturated rings. The van der Waals surface area contributed by atoms with Crippen molar-refractivity contribution in [2.75, 3.05) is 0 Å². The monoisotopic (exact) mass is 168 g/mol. The van der Waals surface area contributed by atoms with Gasteiger partial charge in [0.1, 0.15) is 11.0 Å². The summed E-state index contributed by atoms with van der Waals surface area (Å²) < 4.78 is 0. The molecule has 0 aromatic carbocycles. The Balaban J connectivity index is 2.43. The molecule has 2 atom stereocenters. The van der Waals surface area contributed by atoms with Gasteiger partial charge in [-0.1, -0.05) is 23.2 Å². The maximum Gasteiger partial charge on any atom is 0.317 e. The normalized spacial score (nSPS) is 35.1. The van der Waals surface area contributed by atoms with Gasteiger partial charge in [-0.15, -0.1) is 0 Å². The molecule has 2 unspecified atom stereocenters. The molecule has 2 N–H and O–H groups in total. The summed E-state index contributed by atoms with van der Waals surface area (Å²) >= 11 is 11.1. The number of nitrogens with one attached hydrogen (secondary N) is 2. The van der Waals surface area contributed by atoms with Crippen LogP contribution in [0.2, 0.25) is 0 Å². The summed E-state index contributed by atoms with van der Waals surface area (Å²) in [5, 5.41) is 4.88. The molecule has 1 saturated heterocycles. The van der Waals surface area contributed by atoms with Gasteiger partial charge in [0.15, 0.2) is 0 Å². The van der Waals surface area contributed by atoms with Crippen LogP contribution in [0.25, 0.3) is 0 Å². The Morgan fingerprint density at radius 1 is 1.33 bits per heavy atom. The van der Waals surface area contributed by atoms with Crippen LogP contribution in [-0.2, 0) is 0 Å². The lowest BCUT2D eigenvalue weighted by molar-refractivity contribution is 0.232. The topological polar surface area (TPSA) is 41.1 Å². The van der Waals surface area contributed by atoms with Gasteiger partial charge in [0.05, 0.1) is 0 Å². The van der Waals surface area contributed by atoms with Gasteiger partial charge in [-0.25, -0.2) is 4.79 Å². The standard InChI is InChI=1S/C4H6Cl2N2O/c5-2-1-3(6)8-4(9)7-2/h2-3H,1H2,(H2,7,8,9). The van der Waals surface area contributed by atoms with E-state index in [2.05, 4.69) is 10.6 Å². The minimum Gasteiger partial charge on any atom is -0.322 e. The van der Waals surface area contributed by atoms with E-state index in [1.807, 2.05) is 0 Å². The zero-order valence-corrected chi connectivity index (χ0v) is 6.04. The summed E-state index contributed by atoms with van der Waals surface area (Å²) in [6.45, 7) is 0. The first-order chi connectivity index (χ1) is 4.18. The molecule has 1 rings (SSSR count). The summed E-state index contributed by atoms with van der Waals surface area (Å²) in [6, 6.07) is -0.304. The van der Waals surface area contributed by atoms with E-state index in [0.29, 0.717) is 6.42 Å². The molecular formula is C4H6Cl2N2O. The van der Waals surface area contributed by atoms with Gasteiger partial charge in [-0.05, 0) is 0 Å². The Morgan fingerprint density at radius 2 is 1.78 bits per heavy atom. The first-order valence-electron chi connectivity index (χ1n) is 2.53. The maximum absolute atomic E-state index is 10.5. The highest BCUT2D eigenvalue weighted by atomic mass is 35.5. The summed E-state index contributed by atoms with van der Waals surface area (Å²) in [6.07, 6.45) is 0.550. The molecule has 1 aliphatic heterocycles. The van der Waals surface area contributed by atoms with Crippen LogP contribution in [0, 0.1) is 0 Å². The number of halogens is 2. The van der Waals surface area contributed by atoms with Gasteiger partial charge in [0, 0.05) is 6.42 Å². The van der Waals surface area contributed by atoms with Crippen molar-refractivity contribution in [1.29, 1.82) is 0 Å². The third-order valence-corrected chi connectivity index (χ3v) is 1.56. The van der Waals surface area contributed by atoms with Crippen LogP contribution in [0.4, 0.5) is 4.79 Å². The molecule has 0 aliphatic carbocycles. The van der Waals surface area contributed by atoms with Gasteiger partial charge in [-0.3, -0.25) is 0 Å².